The minimum Gasteiger partial charge on any atom is -0.195 e. The van der Waals surface area contributed by atoms with E-state index in [1.54, 1.807) is 0 Å². The molecule has 0 aromatic carbocycles. The quantitative estimate of drug-likeness (QED) is 0.397. The van der Waals surface area contributed by atoms with Crippen LogP contribution in [-0.4, -0.2) is 5.16 Å². The van der Waals surface area contributed by atoms with E-state index in [2.05, 4.69) is 28.8 Å². The van der Waals surface area contributed by atoms with Gasteiger partial charge in [0.1, 0.15) is 0 Å². The van der Waals surface area contributed by atoms with E-state index in [0.717, 1.165) is 12.1 Å². The SMILES string of the molecule is S=C=NC1=CC[CH]C=C1. The van der Waals surface area contributed by atoms with Gasteiger partial charge in [-0.1, -0.05) is 12.2 Å². The second-order valence-electron chi connectivity index (χ2n) is 1.66. The minimum absolute atomic E-state index is 0.910. The Kier molecular flexibility index (Phi) is 2.37. The highest BCUT2D eigenvalue weighted by Crippen LogP contribution is 2.08. The number of thiocarbonyl (C=S) groups is 1. The monoisotopic (exact) mass is 136 g/mol. The number of isothiocyanates is 1. The summed E-state index contributed by atoms with van der Waals surface area (Å²) in [6.07, 6.45) is 8.88. The molecule has 0 bridgehead atoms. The summed E-state index contributed by atoms with van der Waals surface area (Å²) in [6, 6.07) is 0. The molecule has 1 aliphatic rings. The Morgan fingerprint density at radius 2 is 2.56 bits per heavy atom. The van der Waals surface area contributed by atoms with Crippen LogP contribution in [0.4, 0.5) is 0 Å². The molecule has 0 aromatic rings. The van der Waals surface area contributed by atoms with Crippen LogP contribution in [0.25, 0.3) is 0 Å². The Bertz CT molecular complexity index is 197. The van der Waals surface area contributed by atoms with Crippen molar-refractivity contribution < 1.29 is 0 Å². The van der Waals surface area contributed by atoms with Gasteiger partial charge in [-0.15, -0.1) is 0 Å². The van der Waals surface area contributed by atoms with Crippen LogP contribution in [0.1, 0.15) is 6.42 Å². The normalized spacial score (nSPS) is 16.2. The second kappa shape index (κ2) is 3.33. The van der Waals surface area contributed by atoms with E-state index < -0.39 is 0 Å². The molecule has 0 atom stereocenters. The lowest BCUT2D eigenvalue weighted by Gasteiger charge is -1.96. The molecule has 1 rings (SSSR count). The number of allylic oxidation sites excluding steroid dienone is 3. The summed E-state index contributed by atoms with van der Waals surface area (Å²) >= 11 is 4.43. The van der Waals surface area contributed by atoms with Crippen LogP contribution < -0.4 is 0 Å². The lowest BCUT2D eigenvalue weighted by Crippen LogP contribution is -1.79. The fraction of sp³-hybridized carbons (Fsp3) is 0.143. The number of hydrogen-bond donors (Lipinski definition) is 0. The third-order valence-corrected chi connectivity index (χ3v) is 1.13. The lowest BCUT2D eigenvalue weighted by molar-refractivity contribution is 1.20. The molecule has 0 spiro atoms. The van der Waals surface area contributed by atoms with Crippen LogP contribution in [0, 0.1) is 6.42 Å². The maximum atomic E-state index is 4.43. The van der Waals surface area contributed by atoms with Gasteiger partial charge in [-0.25, -0.2) is 0 Å². The van der Waals surface area contributed by atoms with Gasteiger partial charge in [-0.05, 0) is 31.1 Å². The molecule has 0 saturated carbocycles. The van der Waals surface area contributed by atoms with Crippen molar-refractivity contribution in [3.05, 3.63) is 30.3 Å². The van der Waals surface area contributed by atoms with Gasteiger partial charge in [-0.3, -0.25) is 0 Å². The summed E-state index contributed by atoms with van der Waals surface area (Å²) < 4.78 is 0. The zero-order valence-corrected chi connectivity index (χ0v) is 5.69. The fourth-order valence-electron chi connectivity index (χ4n) is 0.638. The van der Waals surface area contributed by atoms with Gasteiger partial charge in [0.15, 0.2) is 0 Å². The highest BCUT2D eigenvalue weighted by atomic mass is 32.1. The summed E-state index contributed by atoms with van der Waals surface area (Å²) in [4.78, 5) is 3.80. The summed E-state index contributed by atoms with van der Waals surface area (Å²) in [7, 11) is 0. The number of rotatable bonds is 1. The van der Waals surface area contributed by atoms with Crippen LogP contribution in [0.3, 0.4) is 0 Å². The zero-order valence-electron chi connectivity index (χ0n) is 4.87. The Balaban J connectivity index is 2.69. The van der Waals surface area contributed by atoms with Gasteiger partial charge < -0.3 is 0 Å². The molecular weight excluding hydrogens is 130 g/mol. The molecule has 9 heavy (non-hydrogen) atoms. The smallest absolute Gasteiger partial charge is 0.0696 e. The van der Waals surface area contributed by atoms with Gasteiger partial charge in [0.05, 0.1) is 10.9 Å². The zero-order chi connectivity index (χ0) is 6.53. The van der Waals surface area contributed by atoms with Gasteiger partial charge >= 0.3 is 0 Å². The molecule has 0 aliphatic heterocycles. The van der Waals surface area contributed by atoms with E-state index in [0.29, 0.717) is 0 Å². The van der Waals surface area contributed by atoms with Crippen molar-refractivity contribution in [1.29, 1.82) is 0 Å². The van der Waals surface area contributed by atoms with Crippen LogP contribution in [-0.2, 0) is 0 Å². The van der Waals surface area contributed by atoms with Gasteiger partial charge in [0.2, 0.25) is 0 Å². The fourth-order valence-corrected chi connectivity index (χ4v) is 0.743. The first-order chi connectivity index (χ1) is 4.43. The Labute approximate surface area is 59.8 Å². The van der Waals surface area contributed by atoms with E-state index in [1.165, 1.54) is 0 Å². The molecular formula is C7H6NS. The van der Waals surface area contributed by atoms with E-state index in [9.17, 15) is 0 Å². The maximum Gasteiger partial charge on any atom is 0.0696 e. The van der Waals surface area contributed by atoms with Gasteiger partial charge in [0, 0.05) is 0 Å². The second-order valence-corrected chi connectivity index (χ2v) is 1.85. The number of hydrogen-bond acceptors (Lipinski definition) is 2. The van der Waals surface area contributed by atoms with Crippen molar-refractivity contribution in [2.45, 2.75) is 6.42 Å². The molecule has 0 aromatic heterocycles. The maximum absolute atomic E-state index is 4.43. The Morgan fingerprint density at radius 1 is 1.67 bits per heavy atom. The third-order valence-electron chi connectivity index (χ3n) is 1.04. The van der Waals surface area contributed by atoms with Crippen molar-refractivity contribution in [1.82, 2.24) is 0 Å². The highest BCUT2D eigenvalue weighted by molar-refractivity contribution is 7.78. The molecule has 0 unspecified atom stereocenters. The summed E-state index contributed by atoms with van der Waals surface area (Å²) in [6.45, 7) is 0. The van der Waals surface area contributed by atoms with Gasteiger partial charge in [-0.2, -0.15) is 4.99 Å². The van der Waals surface area contributed by atoms with Crippen molar-refractivity contribution in [3.63, 3.8) is 0 Å². The number of nitrogens with zero attached hydrogens (tertiary/aromatic N) is 1. The van der Waals surface area contributed by atoms with Crippen LogP contribution in [0.2, 0.25) is 0 Å². The lowest BCUT2D eigenvalue weighted by atomic mass is 10.2. The van der Waals surface area contributed by atoms with E-state index >= 15 is 0 Å². The topological polar surface area (TPSA) is 12.4 Å². The predicted octanol–water partition coefficient (Wildman–Crippen LogP) is 2.14. The van der Waals surface area contributed by atoms with E-state index in [-0.39, 0.29) is 0 Å². The predicted molar refractivity (Wildman–Crippen MR) is 41.2 cm³/mol. The first-order valence-electron chi connectivity index (χ1n) is 2.71. The van der Waals surface area contributed by atoms with Crippen LogP contribution in [0.5, 0.6) is 0 Å². The highest BCUT2D eigenvalue weighted by Gasteiger charge is 1.91. The molecule has 0 N–H and O–H groups in total. The number of aliphatic imine (C=N–C) groups is 1. The summed E-state index contributed by atoms with van der Waals surface area (Å²) in [5, 5.41) is 2.31. The molecule has 1 nitrogen and oxygen atoms in total. The Morgan fingerprint density at radius 3 is 3.11 bits per heavy atom. The van der Waals surface area contributed by atoms with Crippen molar-refractivity contribution in [3.8, 4) is 0 Å². The third kappa shape index (κ3) is 1.92. The largest absolute Gasteiger partial charge is 0.195 e. The standard InChI is InChI=1S/C7H6NS/c9-6-8-7-4-2-1-3-5-7/h1-2,4-5H,3H2. The first kappa shape index (κ1) is 6.40. The van der Waals surface area contributed by atoms with Gasteiger partial charge in [0.25, 0.3) is 0 Å². The molecule has 0 fully saturated rings. The van der Waals surface area contributed by atoms with E-state index in [1.807, 2.05) is 18.2 Å². The molecule has 2 heteroatoms. The molecule has 1 aliphatic carbocycles. The van der Waals surface area contributed by atoms with Crippen LogP contribution >= 0.6 is 12.2 Å². The average Bonchev–Trinajstić information content (AvgIpc) is 1.91. The average molecular weight is 136 g/mol. The molecule has 1 radical (unpaired) electrons. The molecule has 0 saturated heterocycles. The molecule has 0 amide bonds. The van der Waals surface area contributed by atoms with Crippen molar-refractivity contribution in [2.24, 2.45) is 4.99 Å². The van der Waals surface area contributed by atoms with Crippen molar-refractivity contribution >= 4 is 17.4 Å². The van der Waals surface area contributed by atoms with E-state index in [4.69, 9.17) is 0 Å². The first-order valence-corrected chi connectivity index (χ1v) is 3.12. The summed E-state index contributed by atoms with van der Waals surface area (Å²) in [5.74, 6) is 0. The molecule has 45 valence electrons. The summed E-state index contributed by atoms with van der Waals surface area (Å²) in [5.41, 5.74) is 0.910. The molecule has 0 heterocycles. The van der Waals surface area contributed by atoms with Crippen molar-refractivity contribution in [2.75, 3.05) is 0 Å². The minimum atomic E-state index is 0.910. The Hall–Kier alpha value is -0.720. The van der Waals surface area contributed by atoms with Crippen LogP contribution in [0.15, 0.2) is 28.9 Å².